The quantitative estimate of drug-likeness (QED) is 0.737. The van der Waals surface area contributed by atoms with Crippen molar-refractivity contribution < 1.29 is 14.0 Å². The Morgan fingerprint density at radius 1 is 1.28 bits per heavy atom. The van der Waals surface area contributed by atoms with Gasteiger partial charge in [-0.15, -0.1) is 6.42 Å². The molecule has 2 aromatic rings. The summed E-state index contributed by atoms with van der Waals surface area (Å²) in [6, 6.07) is 7.59. The van der Waals surface area contributed by atoms with Crippen molar-refractivity contribution in [2.24, 2.45) is 5.92 Å². The second-order valence-corrected chi connectivity index (χ2v) is 7.08. The third-order valence-corrected chi connectivity index (χ3v) is 5.03. The van der Waals surface area contributed by atoms with Crippen LogP contribution in [0.5, 0.6) is 0 Å². The number of hydrogen-bond acceptors (Lipinski definition) is 4. The van der Waals surface area contributed by atoms with E-state index in [2.05, 4.69) is 26.4 Å². The molecule has 1 aromatic heterocycles. The maximum Gasteiger partial charge on any atom is 0.253 e. The zero-order valence-electron chi connectivity index (χ0n) is 15.6. The number of carbonyl (C=O) groups excluding carboxylic acids is 2. The molecule has 29 heavy (non-hydrogen) atoms. The molecule has 0 unspecified atom stereocenters. The smallest absolute Gasteiger partial charge is 0.253 e. The summed E-state index contributed by atoms with van der Waals surface area (Å²) in [5, 5.41) is 5.35. The van der Waals surface area contributed by atoms with Gasteiger partial charge in [-0.2, -0.15) is 0 Å². The summed E-state index contributed by atoms with van der Waals surface area (Å²) in [4.78, 5) is 30.8. The summed E-state index contributed by atoms with van der Waals surface area (Å²) in [5.41, 5.74) is 0.917. The van der Waals surface area contributed by atoms with Crippen molar-refractivity contribution in [3.8, 4) is 12.3 Å². The second kappa shape index (κ2) is 9.39. The van der Waals surface area contributed by atoms with Gasteiger partial charge in [-0.3, -0.25) is 9.59 Å². The van der Waals surface area contributed by atoms with E-state index in [1.807, 2.05) is 0 Å². The molecule has 0 aliphatic carbocycles. The van der Waals surface area contributed by atoms with Crippen molar-refractivity contribution in [1.29, 1.82) is 0 Å². The minimum absolute atomic E-state index is 0.0277. The Labute approximate surface area is 173 Å². The number of anilines is 2. The molecule has 0 spiro atoms. The van der Waals surface area contributed by atoms with Crippen LogP contribution < -0.4 is 15.5 Å². The van der Waals surface area contributed by atoms with E-state index in [1.54, 1.807) is 12.1 Å². The fraction of sp³-hybridized carbons (Fsp3) is 0.286. The van der Waals surface area contributed by atoms with E-state index in [9.17, 15) is 14.0 Å². The molecule has 2 amide bonds. The van der Waals surface area contributed by atoms with Gasteiger partial charge in [-0.05, 0) is 43.2 Å². The van der Waals surface area contributed by atoms with Crippen LogP contribution >= 0.6 is 11.6 Å². The molecule has 3 rings (SSSR count). The molecule has 150 valence electrons. The maximum absolute atomic E-state index is 13.2. The molecule has 0 bridgehead atoms. The van der Waals surface area contributed by atoms with Gasteiger partial charge in [0.05, 0.1) is 17.1 Å². The number of hydrogen-bond donors (Lipinski definition) is 2. The van der Waals surface area contributed by atoms with E-state index in [-0.39, 0.29) is 29.3 Å². The van der Waals surface area contributed by atoms with E-state index in [4.69, 9.17) is 18.0 Å². The molecule has 1 aliphatic heterocycles. The Bertz CT molecular complexity index is 935. The van der Waals surface area contributed by atoms with E-state index in [1.165, 1.54) is 24.4 Å². The van der Waals surface area contributed by atoms with Crippen LogP contribution in [0.25, 0.3) is 0 Å². The lowest BCUT2D eigenvalue weighted by molar-refractivity contribution is -0.120. The highest BCUT2D eigenvalue weighted by Crippen LogP contribution is 2.24. The van der Waals surface area contributed by atoms with Crippen LogP contribution in [0.2, 0.25) is 5.02 Å². The van der Waals surface area contributed by atoms with Gasteiger partial charge in [0, 0.05) is 30.9 Å². The Balaban J connectivity index is 1.53. The summed E-state index contributed by atoms with van der Waals surface area (Å²) in [6.07, 6.45) is 7.96. The first-order valence-electron chi connectivity index (χ1n) is 9.16. The average molecular weight is 415 g/mol. The molecule has 1 fully saturated rings. The first kappa shape index (κ1) is 20.6. The van der Waals surface area contributed by atoms with Gasteiger partial charge in [-0.1, -0.05) is 17.5 Å². The molecule has 0 atom stereocenters. The standard InChI is InChI=1S/C21H20ClFN4O2/c1-2-9-24-20(28)15-3-6-19(25-13-15)27-10-7-14(8-11-27)21(29)26-16-4-5-18(23)17(22)12-16/h1,3-6,12-14H,7-11H2,(H,24,28)(H,26,29). The van der Waals surface area contributed by atoms with Crippen molar-refractivity contribution in [3.63, 3.8) is 0 Å². The van der Waals surface area contributed by atoms with Crippen LogP contribution in [0.4, 0.5) is 15.9 Å². The Hall–Kier alpha value is -3.11. The van der Waals surface area contributed by atoms with E-state index >= 15 is 0 Å². The normalized spacial score (nSPS) is 14.2. The van der Waals surface area contributed by atoms with Gasteiger partial charge in [0.25, 0.3) is 5.91 Å². The molecule has 1 aromatic carbocycles. The Morgan fingerprint density at radius 2 is 2.03 bits per heavy atom. The summed E-state index contributed by atoms with van der Waals surface area (Å²) < 4.78 is 13.2. The van der Waals surface area contributed by atoms with Crippen LogP contribution in [-0.2, 0) is 4.79 Å². The highest BCUT2D eigenvalue weighted by atomic mass is 35.5. The number of aromatic nitrogens is 1. The molecule has 2 heterocycles. The van der Waals surface area contributed by atoms with Crippen molar-refractivity contribution in [2.75, 3.05) is 29.9 Å². The number of piperidine rings is 1. The van der Waals surface area contributed by atoms with Gasteiger partial charge < -0.3 is 15.5 Å². The zero-order chi connectivity index (χ0) is 20.8. The highest BCUT2D eigenvalue weighted by Gasteiger charge is 2.26. The molecule has 2 N–H and O–H groups in total. The van der Waals surface area contributed by atoms with Crippen LogP contribution in [-0.4, -0.2) is 36.4 Å². The monoisotopic (exact) mass is 414 g/mol. The van der Waals surface area contributed by atoms with Gasteiger partial charge >= 0.3 is 0 Å². The summed E-state index contributed by atoms with van der Waals surface area (Å²) in [6.45, 7) is 1.50. The van der Waals surface area contributed by atoms with Crippen LogP contribution in [0.3, 0.4) is 0 Å². The number of amides is 2. The lowest BCUT2D eigenvalue weighted by atomic mass is 9.95. The first-order valence-corrected chi connectivity index (χ1v) is 9.54. The average Bonchev–Trinajstić information content (AvgIpc) is 2.75. The minimum atomic E-state index is -0.523. The molecular formula is C21H20ClFN4O2. The molecule has 1 saturated heterocycles. The van der Waals surface area contributed by atoms with Gasteiger partial charge in [-0.25, -0.2) is 9.37 Å². The van der Waals surface area contributed by atoms with Crippen molar-refractivity contribution in [1.82, 2.24) is 10.3 Å². The molecule has 0 radical (unpaired) electrons. The number of carbonyl (C=O) groups is 2. The van der Waals surface area contributed by atoms with Gasteiger partial charge in [0.1, 0.15) is 11.6 Å². The Kier molecular flexibility index (Phi) is 6.68. The molecule has 0 saturated carbocycles. The van der Waals surface area contributed by atoms with Crippen LogP contribution in [0, 0.1) is 24.1 Å². The summed E-state index contributed by atoms with van der Waals surface area (Å²) in [5.74, 6) is 2.05. The number of pyridine rings is 1. The van der Waals surface area contributed by atoms with Crippen molar-refractivity contribution in [2.45, 2.75) is 12.8 Å². The summed E-state index contributed by atoms with van der Waals surface area (Å²) in [7, 11) is 0. The van der Waals surface area contributed by atoms with E-state index in [0.29, 0.717) is 37.2 Å². The maximum atomic E-state index is 13.2. The third kappa shape index (κ3) is 5.24. The number of nitrogens with one attached hydrogen (secondary N) is 2. The number of nitrogens with zero attached hydrogens (tertiary/aromatic N) is 2. The topological polar surface area (TPSA) is 74.3 Å². The highest BCUT2D eigenvalue weighted by molar-refractivity contribution is 6.31. The fourth-order valence-electron chi connectivity index (χ4n) is 3.13. The molecule has 6 nitrogen and oxygen atoms in total. The lowest BCUT2D eigenvalue weighted by Gasteiger charge is -2.32. The number of rotatable bonds is 5. The summed E-state index contributed by atoms with van der Waals surface area (Å²) >= 11 is 5.75. The largest absolute Gasteiger partial charge is 0.357 e. The minimum Gasteiger partial charge on any atom is -0.357 e. The second-order valence-electron chi connectivity index (χ2n) is 6.67. The fourth-order valence-corrected chi connectivity index (χ4v) is 3.31. The number of halogens is 2. The lowest BCUT2D eigenvalue weighted by Crippen LogP contribution is -2.38. The van der Waals surface area contributed by atoms with Crippen molar-refractivity contribution >= 4 is 34.9 Å². The zero-order valence-corrected chi connectivity index (χ0v) is 16.4. The predicted octanol–water partition coefficient (Wildman–Crippen LogP) is 3.09. The molecular weight excluding hydrogens is 395 g/mol. The number of terminal acetylenes is 1. The van der Waals surface area contributed by atoms with E-state index in [0.717, 1.165) is 5.82 Å². The predicted molar refractivity (Wildman–Crippen MR) is 110 cm³/mol. The Morgan fingerprint density at radius 3 is 2.66 bits per heavy atom. The van der Waals surface area contributed by atoms with Gasteiger partial charge in [0.2, 0.25) is 5.91 Å². The van der Waals surface area contributed by atoms with E-state index < -0.39 is 5.82 Å². The van der Waals surface area contributed by atoms with Crippen LogP contribution in [0.1, 0.15) is 23.2 Å². The third-order valence-electron chi connectivity index (χ3n) is 4.74. The first-order chi connectivity index (χ1) is 14.0. The molecule has 1 aliphatic rings. The van der Waals surface area contributed by atoms with Crippen molar-refractivity contribution in [3.05, 3.63) is 52.9 Å². The van der Waals surface area contributed by atoms with Gasteiger partial charge in [0.15, 0.2) is 0 Å². The SMILES string of the molecule is C#CCNC(=O)c1ccc(N2CCC(C(=O)Nc3ccc(F)c(Cl)c3)CC2)nc1. The molecule has 8 heteroatoms. The van der Waals surface area contributed by atoms with Crippen LogP contribution in [0.15, 0.2) is 36.5 Å². The number of benzene rings is 1.